The Hall–Kier alpha value is -2.68. The van der Waals surface area contributed by atoms with Crippen molar-refractivity contribution in [1.29, 1.82) is 0 Å². The minimum Gasteiger partial charge on any atom is -0.497 e. The molecule has 0 fully saturated rings. The van der Waals surface area contributed by atoms with Crippen LogP contribution in [0.1, 0.15) is 5.56 Å². The van der Waals surface area contributed by atoms with Gasteiger partial charge < -0.3 is 18.0 Å². The second-order valence-corrected chi connectivity index (χ2v) is 6.17. The highest BCUT2D eigenvalue weighted by Crippen LogP contribution is 2.20. The topological polar surface area (TPSA) is 36.9 Å². The monoisotopic (exact) mass is 286 g/mol. The molecule has 0 saturated carbocycles. The standard InChI is InChI=1S/C15H14O4Si/c1-5-17-20(18-6-2,19-7-3)13-12-14-8-10-15(16-4)11-9-14/h1-3,8-11H,12-13H2,4H3. The Morgan fingerprint density at radius 3 is 1.85 bits per heavy atom. The normalized spacial score (nSPS) is 9.50. The zero-order chi connectivity index (χ0) is 14.8. The first-order valence-electron chi connectivity index (χ1n) is 5.73. The summed E-state index contributed by atoms with van der Waals surface area (Å²) in [6.45, 7) is 0. The maximum Gasteiger partial charge on any atom is 0.725 e. The number of hydrogen-bond acceptors (Lipinski definition) is 4. The maximum atomic E-state index is 5.13. The minimum absolute atomic E-state index is 0.373. The van der Waals surface area contributed by atoms with Crippen LogP contribution in [0.3, 0.4) is 0 Å². The molecular formula is C15H14O4Si. The molecule has 1 aromatic rings. The molecule has 0 aromatic heterocycles. The lowest BCUT2D eigenvalue weighted by molar-refractivity contribution is 0.212. The Morgan fingerprint density at radius 2 is 1.45 bits per heavy atom. The lowest BCUT2D eigenvalue weighted by Gasteiger charge is -2.20. The van der Waals surface area contributed by atoms with Gasteiger partial charge in [-0.25, -0.2) is 0 Å². The lowest BCUT2D eigenvalue weighted by Crippen LogP contribution is -2.42. The largest absolute Gasteiger partial charge is 0.725 e. The van der Waals surface area contributed by atoms with Gasteiger partial charge in [0.1, 0.15) is 5.75 Å². The lowest BCUT2D eigenvalue weighted by atomic mass is 10.2. The van der Waals surface area contributed by atoms with Crippen molar-refractivity contribution in [3.63, 3.8) is 0 Å². The van der Waals surface area contributed by atoms with Crippen LogP contribution in [-0.2, 0) is 19.7 Å². The van der Waals surface area contributed by atoms with Crippen molar-refractivity contribution in [3.8, 4) is 43.3 Å². The molecule has 0 heterocycles. The van der Waals surface area contributed by atoms with E-state index in [1.54, 1.807) is 7.11 Å². The van der Waals surface area contributed by atoms with Crippen LogP contribution in [0.15, 0.2) is 24.3 Å². The van der Waals surface area contributed by atoms with E-state index < -0.39 is 8.80 Å². The zero-order valence-electron chi connectivity index (χ0n) is 11.1. The van der Waals surface area contributed by atoms with Crippen molar-refractivity contribution in [2.75, 3.05) is 7.11 Å². The Bertz CT molecular complexity index is 504. The summed E-state index contributed by atoms with van der Waals surface area (Å²) >= 11 is 0. The summed E-state index contributed by atoms with van der Waals surface area (Å²) in [5.74, 6) is 0.775. The number of benzene rings is 1. The fourth-order valence-electron chi connectivity index (χ4n) is 1.57. The third-order valence-corrected chi connectivity index (χ3v) is 4.67. The molecule has 0 aliphatic carbocycles. The van der Waals surface area contributed by atoms with E-state index in [1.165, 1.54) is 0 Å². The molecule has 0 N–H and O–H groups in total. The van der Waals surface area contributed by atoms with E-state index in [-0.39, 0.29) is 0 Å². The van der Waals surface area contributed by atoms with Gasteiger partial charge in [0.15, 0.2) is 0 Å². The number of methoxy groups -OCH3 is 1. The second kappa shape index (κ2) is 7.69. The van der Waals surface area contributed by atoms with Gasteiger partial charge in [-0.3, -0.25) is 0 Å². The molecule has 0 spiro atoms. The average Bonchev–Trinajstić information content (AvgIpc) is 2.46. The van der Waals surface area contributed by atoms with Gasteiger partial charge in [-0.2, -0.15) is 0 Å². The number of ether oxygens (including phenoxy) is 1. The van der Waals surface area contributed by atoms with E-state index in [4.69, 9.17) is 37.3 Å². The third-order valence-electron chi connectivity index (χ3n) is 2.52. The molecule has 0 saturated heterocycles. The van der Waals surface area contributed by atoms with Gasteiger partial charge in [-0.1, -0.05) is 31.4 Å². The molecular weight excluding hydrogens is 272 g/mol. The number of terminal acetylenes is 3. The van der Waals surface area contributed by atoms with Gasteiger partial charge in [0.2, 0.25) is 0 Å². The van der Waals surface area contributed by atoms with Gasteiger partial charge in [-0.15, -0.1) is 0 Å². The number of rotatable bonds is 7. The molecule has 20 heavy (non-hydrogen) atoms. The SMILES string of the molecule is C#CO[Si](CCc1ccc(OC)cc1)(OC#C)OC#C. The molecule has 0 amide bonds. The summed E-state index contributed by atoms with van der Waals surface area (Å²) in [7, 11) is -1.63. The van der Waals surface area contributed by atoms with Gasteiger partial charge in [-0.05, 0) is 24.1 Å². The van der Waals surface area contributed by atoms with Gasteiger partial charge in [0.05, 0.1) is 31.5 Å². The fraction of sp³-hybridized carbons (Fsp3) is 0.200. The first-order valence-corrected chi connectivity index (χ1v) is 7.66. The molecule has 0 radical (unpaired) electrons. The Morgan fingerprint density at radius 1 is 0.950 bits per heavy atom. The summed E-state index contributed by atoms with van der Waals surface area (Å²) < 4.78 is 20.4. The maximum absolute atomic E-state index is 5.13. The van der Waals surface area contributed by atoms with Crippen molar-refractivity contribution in [1.82, 2.24) is 0 Å². The van der Waals surface area contributed by atoms with E-state index in [1.807, 2.05) is 42.6 Å². The highest BCUT2D eigenvalue weighted by atomic mass is 28.4. The molecule has 1 rings (SSSR count). The smallest absolute Gasteiger partial charge is 0.497 e. The predicted octanol–water partition coefficient (Wildman–Crippen LogP) is 2.00. The van der Waals surface area contributed by atoms with E-state index in [2.05, 4.69) is 0 Å². The van der Waals surface area contributed by atoms with Gasteiger partial charge >= 0.3 is 8.80 Å². The Labute approximate surface area is 120 Å². The van der Waals surface area contributed by atoms with Crippen molar-refractivity contribution in [3.05, 3.63) is 29.8 Å². The van der Waals surface area contributed by atoms with Gasteiger partial charge in [0, 0.05) is 0 Å². The summed E-state index contributed by atoms with van der Waals surface area (Å²) in [5, 5.41) is 0. The molecule has 5 heteroatoms. The zero-order valence-corrected chi connectivity index (χ0v) is 12.1. The van der Waals surface area contributed by atoms with Crippen LogP contribution in [0.4, 0.5) is 0 Å². The van der Waals surface area contributed by atoms with Crippen LogP contribution >= 0.6 is 0 Å². The highest BCUT2D eigenvalue weighted by molar-refractivity contribution is 6.61. The van der Waals surface area contributed by atoms with E-state index in [9.17, 15) is 0 Å². The summed E-state index contributed by atoms with van der Waals surface area (Å²) in [6, 6.07) is 7.91. The van der Waals surface area contributed by atoms with Crippen LogP contribution in [0.2, 0.25) is 6.04 Å². The van der Waals surface area contributed by atoms with Crippen LogP contribution < -0.4 is 4.74 Å². The molecule has 0 atom stereocenters. The van der Waals surface area contributed by atoms with E-state index in [0.29, 0.717) is 12.5 Å². The van der Waals surface area contributed by atoms with Gasteiger partial charge in [0.25, 0.3) is 0 Å². The second-order valence-electron chi connectivity index (χ2n) is 3.69. The van der Waals surface area contributed by atoms with E-state index >= 15 is 0 Å². The molecule has 102 valence electrons. The Balaban J connectivity index is 2.77. The molecule has 1 aromatic carbocycles. The number of hydrogen-bond donors (Lipinski definition) is 0. The summed E-state index contributed by atoms with van der Waals surface area (Å²) in [6.07, 6.45) is 22.1. The molecule has 0 aliphatic heterocycles. The van der Waals surface area contributed by atoms with E-state index in [0.717, 1.165) is 11.3 Å². The van der Waals surface area contributed by atoms with Crippen LogP contribution in [0.5, 0.6) is 5.75 Å². The summed E-state index contributed by atoms with van der Waals surface area (Å²) in [4.78, 5) is 0. The Kier molecular flexibility index (Phi) is 5.91. The van der Waals surface area contributed by atoms with Crippen LogP contribution in [0.25, 0.3) is 0 Å². The molecule has 0 bridgehead atoms. The molecule has 4 nitrogen and oxygen atoms in total. The minimum atomic E-state index is -3.24. The van der Waals surface area contributed by atoms with Crippen molar-refractivity contribution >= 4 is 8.80 Å². The average molecular weight is 286 g/mol. The van der Waals surface area contributed by atoms with Crippen LogP contribution in [0, 0.1) is 37.6 Å². The van der Waals surface area contributed by atoms with Crippen molar-refractivity contribution in [2.24, 2.45) is 0 Å². The fourth-order valence-corrected chi connectivity index (χ4v) is 3.14. The van der Waals surface area contributed by atoms with Crippen LogP contribution in [-0.4, -0.2) is 15.9 Å². The van der Waals surface area contributed by atoms with Crippen molar-refractivity contribution in [2.45, 2.75) is 12.5 Å². The van der Waals surface area contributed by atoms with Crippen molar-refractivity contribution < 1.29 is 18.0 Å². The quantitative estimate of drug-likeness (QED) is 0.567. The predicted molar refractivity (Wildman–Crippen MR) is 77.0 cm³/mol. The highest BCUT2D eigenvalue weighted by Gasteiger charge is 2.48. The number of aryl methyl sites for hydroxylation is 1. The summed E-state index contributed by atoms with van der Waals surface area (Å²) in [5.41, 5.74) is 1.03. The molecule has 0 aliphatic rings. The first-order chi connectivity index (χ1) is 9.69. The first kappa shape index (κ1) is 15.4. The molecule has 0 unspecified atom stereocenters. The third kappa shape index (κ3) is 4.21.